The number of rotatable bonds is 7. The highest BCUT2D eigenvalue weighted by Gasteiger charge is 2.08. The predicted molar refractivity (Wildman–Crippen MR) is 77.4 cm³/mol. The Labute approximate surface area is 119 Å². The van der Waals surface area contributed by atoms with Crippen LogP contribution in [0, 0.1) is 0 Å². The molecule has 0 saturated carbocycles. The van der Waals surface area contributed by atoms with Crippen LogP contribution in [0.4, 0.5) is 0 Å². The summed E-state index contributed by atoms with van der Waals surface area (Å²) in [6.07, 6.45) is 2.00. The van der Waals surface area contributed by atoms with Crippen LogP contribution in [0.15, 0.2) is 18.2 Å². The van der Waals surface area contributed by atoms with Crippen molar-refractivity contribution in [2.45, 2.75) is 39.3 Å². The summed E-state index contributed by atoms with van der Waals surface area (Å²) in [6.45, 7) is 4.44. The highest BCUT2D eigenvalue weighted by atomic mass is 35.5. The molecule has 0 bridgehead atoms. The van der Waals surface area contributed by atoms with Gasteiger partial charge in [0.05, 0.1) is 0 Å². The average molecular weight is 285 g/mol. The number of nitrogens with two attached hydrogens (primary N) is 1. The monoisotopic (exact) mass is 284 g/mol. The van der Waals surface area contributed by atoms with E-state index in [0.29, 0.717) is 17.3 Å². The molecule has 4 nitrogen and oxygen atoms in total. The fourth-order valence-corrected chi connectivity index (χ4v) is 2.00. The quantitative estimate of drug-likeness (QED) is 0.808. The second kappa shape index (κ2) is 8.02. The molecule has 0 fully saturated rings. The van der Waals surface area contributed by atoms with E-state index in [1.54, 1.807) is 18.2 Å². The summed E-state index contributed by atoms with van der Waals surface area (Å²) in [5.41, 5.74) is 6.37. The molecule has 0 spiro atoms. The molecule has 0 aromatic heterocycles. The van der Waals surface area contributed by atoms with Crippen LogP contribution in [0.25, 0.3) is 0 Å². The van der Waals surface area contributed by atoms with Gasteiger partial charge in [-0.15, -0.1) is 0 Å². The van der Waals surface area contributed by atoms with Crippen molar-refractivity contribution < 1.29 is 9.53 Å². The normalized spacial score (nSPS) is 12.0. The molecule has 1 rings (SSSR count). The van der Waals surface area contributed by atoms with Crippen molar-refractivity contribution in [2.24, 2.45) is 5.73 Å². The van der Waals surface area contributed by atoms with Crippen molar-refractivity contribution in [1.82, 2.24) is 5.32 Å². The maximum atomic E-state index is 11.6. The van der Waals surface area contributed by atoms with Gasteiger partial charge in [-0.2, -0.15) is 0 Å². The smallest absolute Gasteiger partial charge is 0.258 e. The van der Waals surface area contributed by atoms with Gasteiger partial charge in [-0.05, 0) is 31.0 Å². The molecule has 0 saturated heterocycles. The van der Waals surface area contributed by atoms with Gasteiger partial charge < -0.3 is 15.8 Å². The number of hydrogen-bond acceptors (Lipinski definition) is 3. The largest absolute Gasteiger partial charge is 0.484 e. The molecule has 1 unspecified atom stereocenters. The van der Waals surface area contributed by atoms with Gasteiger partial charge in [0.1, 0.15) is 5.75 Å². The van der Waals surface area contributed by atoms with E-state index in [-0.39, 0.29) is 18.6 Å². The van der Waals surface area contributed by atoms with E-state index in [2.05, 4.69) is 12.2 Å². The lowest BCUT2D eigenvalue weighted by molar-refractivity contribution is -0.123. The Morgan fingerprint density at radius 3 is 2.84 bits per heavy atom. The van der Waals surface area contributed by atoms with Gasteiger partial charge in [-0.25, -0.2) is 0 Å². The maximum Gasteiger partial charge on any atom is 0.258 e. The molecule has 1 amide bonds. The molecular weight excluding hydrogens is 264 g/mol. The minimum Gasteiger partial charge on any atom is -0.484 e. The Bertz CT molecular complexity index is 424. The lowest BCUT2D eigenvalue weighted by atomic mass is 10.2. The molecule has 0 radical (unpaired) electrons. The molecule has 0 aliphatic rings. The number of nitrogens with one attached hydrogen (secondary N) is 1. The zero-order valence-electron chi connectivity index (χ0n) is 11.4. The van der Waals surface area contributed by atoms with Crippen LogP contribution >= 0.6 is 11.6 Å². The van der Waals surface area contributed by atoms with Gasteiger partial charge in [-0.3, -0.25) is 4.79 Å². The highest BCUT2D eigenvalue weighted by Crippen LogP contribution is 2.22. The molecule has 1 aromatic carbocycles. The van der Waals surface area contributed by atoms with Crippen molar-refractivity contribution >= 4 is 17.5 Å². The summed E-state index contributed by atoms with van der Waals surface area (Å²) in [5.74, 6) is 0.445. The molecule has 5 heteroatoms. The van der Waals surface area contributed by atoms with Gasteiger partial charge in [0.2, 0.25) is 0 Å². The molecule has 1 aromatic rings. The average Bonchev–Trinajstić information content (AvgIpc) is 2.36. The van der Waals surface area contributed by atoms with E-state index < -0.39 is 0 Å². The van der Waals surface area contributed by atoms with Crippen LogP contribution in [0.3, 0.4) is 0 Å². The second-order valence-corrected chi connectivity index (χ2v) is 4.91. The van der Waals surface area contributed by atoms with Crippen LogP contribution in [0.1, 0.15) is 32.3 Å². The van der Waals surface area contributed by atoms with Crippen molar-refractivity contribution in [3.05, 3.63) is 28.8 Å². The highest BCUT2D eigenvalue weighted by molar-refractivity contribution is 6.31. The van der Waals surface area contributed by atoms with E-state index in [9.17, 15) is 4.79 Å². The first kappa shape index (κ1) is 15.8. The fraction of sp³-hybridized carbons (Fsp3) is 0.500. The van der Waals surface area contributed by atoms with Crippen molar-refractivity contribution in [3.8, 4) is 5.75 Å². The lowest BCUT2D eigenvalue weighted by Gasteiger charge is -2.13. The molecule has 3 N–H and O–H groups in total. The Morgan fingerprint density at radius 2 is 2.26 bits per heavy atom. The number of benzene rings is 1. The van der Waals surface area contributed by atoms with Gasteiger partial charge in [-0.1, -0.05) is 31.0 Å². The van der Waals surface area contributed by atoms with Crippen molar-refractivity contribution in [2.75, 3.05) is 6.61 Å². The Kier molecular flexibility index (Phi) is 6.67. The van der Waals surface area contributed by atoms with Crippen LogP contribution in [0.5, 0.6) is 5.75 Å². The third-order valence-electron chi connectivity index (χ3n) is 2.74. The molecule has 1 atom stereocenters. The molecule has 106 valence electrons. The van der Waals surface area contributed by atoms with Crippen LogP contribution in [0.2, 0.25) is 5.02 Å². The third-order valence-corrected chi connectivity index (χ3v) is 3.10. The van der Waals surface area contributed by atoms with E-state index in [0.717, 1.165) is 18.4 Å². The van der Waals surface area contributed by atoms with Crippen LogP contribution in [-0.2, 0) is 11.3 Å². The van der Waals surface area contributed by atoms with Gasteiger partial charge >= 0.3 is 0 Å². The van der Waals surface area contributed by atoms with E-state index >= 15 is 0 Å². The number of amides is 1. The molecule has 19 heavy (non-hydrogen) atoms. The molecule has 0 heterocycles. The van der Waals surface area contributed by atoms with Crippen LogP contribution < -0.4 is 15.8 Å². The number of carbonyl (C=O) groups is 1. The summed E-state index contributed by atoms with van der Waals surface area (Å²) in [6, 6.07) is 5.41. The SMILES string of the molecule is CCCC(C)NC(=O)COc1ccc(CN)c(Cl)c1. The number of carbonyl (C=O) groups excluding carboxylic acids is 1. The lowest BCUT2D eigenvalue weighted by Crippen LogP contribution is -2.35. The summed E-state index contributed by atoms with van der Waals surface area (Å²) >= 11 is 6.01. The first-order valence-corrected chi connectivity index (χ1v) is 6.85. The summed E-state index contributed by atoms with van der Waals surface area (Å²) in [7, 11) is 0. The summed E-state index contributed by atoms with van der Waals surface area (Å²) < 4.78 is 5.39. The topological polar surface area (TPSA) is 64.3 Å². The first-order valence-electron chi connectivity index (χ1n) is 6.47. The molecule has 0 aliphatic heterocycles. The summed E-state index contributed by atoms with van der Waals surface area (Å²) in [4.78, 5) is 11.6. The van der Waals surface area contributed by atoms with Gasteiger partial charge in [0, 0.05) is 17.6 Å². The Morgan fingerprint density at radius 1 is 1.53 bits per heavy atom. The van der Waals surface area contributed by atoms with Crippen molar-refractivity contribution in [3.63, 3.8) is 0 Å². The Balaban J connectivity index is 2.44. The zero-order chi connectivity index (χ0) is 14.3. The summed E-state index contributed by atoms with van der Waals surface area (Å²) in [5, 5.41) is 3.43. The van der Waals surface area contributed by atoms with E-state index in [4.69, 9.17) is 22.1 Å². The van der Waals surface area contributed by atoms with E-state index in [1.165, 1.54) is 0 Å². The minimum absolute atomic E-state index is 0.00758. The number of hydrogen-bond donors (Lipinski definition) is 2. The second-order valence-electron chi connectivity index (χ2n) is 4.50. The van der Waals surface area contributed by atoms with Crippen molar-refractivity contribution in [1.29, 1.82) is 0 Å². The standard InChI is InChI=1S/C14H21ClN2O2/c1-3-4-10(2)17-14(18)9-19-12-6-5-11(8-16)13(15)7-12/h5-7,10H,3-4,8-9,16H2,1-2H3,(H,17,18). The number of halogens is 1. The van der Waals surface area contributed by atoms with Gasteiger partial charge in [0.25, 0.3) is 5.91 Å². The molecular formula is C14H21ClN2O2. The minimum atomic E-state index is -0.125. The van der Waals surface area contributed by atoms with Crippen LogP contribution in [-0.4, -0.2) is 18.6 Å². The zero-order valence-corrected chi connectivity index (χ0v) is 12.2. The van der Waals surface area contributed by atoms with Gasteiger partial charge in [0.15, 0.2) is 6.61 Å². The van der Waals surface area contributed by atoms with E-state index in [1.807, 2.05) is 6.92 Å². The predicted octanol–water partition coefficient (Wildman–Crippen LogP) is 2.48. The molecule has 0 aliphatic carbocycles. The fourth-order valence-electron chi connectivity index (χ4n) is 1.75. The third kappa shape index (κ3) is 5.49. The first-order chi connectivity index (χ1) is 9.06. The number of ether oxygens (including phenoxy) is 1. The maximum absolute atomic E-state index is 11.6. The Hall–Kier alpha value is -1.26.